The Hall–Kier alpha value is -3.99. The van der Waals surface area contributed by atoms with Crippen LogP contribution in [0.2, 0.25) is 0 Å². The summed E-state index contributed by atoms with van der Waals surface area (Å²) in [4.78, 5) is 46.2. The van der Waals surface area contributed by atoms with Gasteiger partial charge in [0.2, 0.25) is 5.88 Å². The molecule has 5 rings (SSSR count). The fourth-order valence-electron chi connectivity index (χ4n) is 5.62. The first-order chi connectivity index (χ1) is 18.7. The summed E-state index contributed by atoms with van der Waals surface area (Å²) in [5.41, 5.74) is 7.51. The maximum Gasteiger partial charge on any atom is 0.313 e. The van der Waals surface area contributed by atoms with E-state index in [2.05, 4.69) is 46.1 Å². The van der Waals surface area contributed by atoms with Crippen LogP contribution in [0.1, 0.15) is 60.6 Å². The molecule has 3 N–H and O–H groups in total. The van der Waals surface area contributed by atoms with E-state index < -0.39 is 17.7 Å². The van der Waals surface area contributed by atoms with Crippen LogP contribution in [-0.4, -0.2) is 76.1 Å². The number of anilines is 1. The molecule has 2 fully saturated rings. The number of aromatic nitrogens is 3. The summed E-state index contributed by atoms with van der Waals surface area (Å²) in [5.74, 6) is -1.87. The van der Waals surface area contributed by atoms with Crippen LogP contribution >= 0.6 is 0 Å². The zero-order chi connectivity index (χ0) is 27.7. The van der Waals surface area contributed by atoms with Crippen LogP contribution < -0.4 is 15.8 Å². The number of carbonyl (C=O) groups excluding carboxylic acids is 3. The van der Waals surface area contributed by atoms with E-state index in [1.807, 2.05) is 12.1 Å². The van der Waals surface area contributed by atoms with Crippen molar-refractivity contribution in [2.45, 2.75) is 44.7 Å². The summed E-state index contributed by atoms with van der Waals surface area (Å²) < 4.78 is 7.13. The first-order valence-corrected chi connectivity index (χ1v) is 13.4. The van der Waals surface area contributed by atoms with Crippen LogP contribution in [0, 0.1) is 5.92 Å². The fraction of sp³-hybridized carbons (Fsp3) is 0.464. The van der Waals surface area contributed by atoms with Crippen LogP contribution in [0.15, 0.2) is 36.7 Å². The fourth-order valence-corrected chi connectivity index (χ4v) is 5.62. The molecule has 3 aromatic rings. The second-order valence-corrected chi connectivity index (χ2v) is 10.7. The topological polar surface area (TPSA) is 136 Å². The molecule has 2 aliphatic heterocycles. The summed E-state index contributed by atoms with van der Waals surface area (Å²) in [5, 5.41) is 8.43. The highest BCUT2D eigenvalue weighted by molar-refractivity contribution is 6.39. The largest absolute Gasteiger partial charge is 0.480 e. The zero-order valence-corrected chi connectivity index (χ0v) is 22.6. The van der Waals surface area contributed by atoms with Gasteiger partial charge in [0.1, 0.15) is 5.56 Å². The first-order valence-electron chi connectivity index (χ1n) is 13.4. The number of primary amides is 1. The number of hydrogen-bond donors (Lipinski definition) is 2. The summed E-state index contributed by atoms with van der Waals surface area (Å²) in [6, 6.07) is 7.62. The number of rotatable bonds is 5. The molecule has 3 amide bonds. The maximum atomic E-state index is 13.4. The van der Waals surface area contributed by atoms with Crippen molar-refractivity contribution in [1.82, 2.24) is 24.6 Å². The molecule has 1 aromatic carbocycles. The van der Waals surface area contributed by atoms with Crippen molar-refractivity contribution in [1.29, 1.82) is 0 Å². The van der Waals surface area contributed by atoms with E-state index >= 15 is 0 Å². The normalized spacial score (nSPS) is 20.6. The molecule has 2 saturated heterocycles. The van der Waals surface area contributed by atoms with Gasteiger partial charge >= 0.3 is 11.8 Å². The van der Waals surface area contributed by atoms with Gasteiger partial charge in [-0.2, -0.15) is 5.10 Å². The standard InChI is InChI=1S/C28H35N7O4/c1-17-4-7-24(18-5-6-23-19(12-18)16-35(32-23)21-8-10-33(2)11-9-21)34(15-17)28(38)26(37)31-20-13-22(25(29)36)27(39-3)30-14-20/h5-6,12-14,16-17,21,24H,4,7-11,15H2,1-3H3,(H2,29,36)(H,31,37). The van der Waals surface area contributed by atoms with E-state index in [1.54, 1.807) is 4.90 Å². The maximum absolute atomic E-state index is 13.4. The number of carbonyl (C=O) groups is 3. The number of pyridine rings is 1. The monoisotopic (exact) mass is 533 g/mol. The van der Waals surface area contributed by atoms with Crippen molar-refractivity contribution in [2.24, 2.45) is 11.7 Å². The third-order valence-electron chi connectivity index (χ3n) is 7.83. The Bertz CT molecular complexity index is 1400. The molecule has 11 heteroatoms. The zero-order valence-electron chi connectivity index (χ0n) is 22.6. The average molecular weight is 534 g/mol. The highest BCUT2D eigenvalue weighted by Crippen LogP contribution is 2.35. The van der Waals surface area contributed by atoms with Crippen LogP contribution in [0.4, 0.5) is 5.69 Å². The minimum atomic E-state index is -0.798. The van der Waals surface area contributed by atoms with Gasteiger partial charge in [0, 0.05) is 18.1 Å². The van der Waals surface area contributed by atoms with Gasteiger partial charge in [-0.05, 0) is 75.5 Å². The van der Waals surface area contributed by atoms with Crippen LogP contribution in [0.3, 0.4) is 0 Å². The molecule has 39 heavy (non-hydrogen) atoms. The summed E-state index contributed by atoms with van der Waals surface area (Å²) in [7, 11) is 3.51. The third-order valence-corrected chi connectivity index (χ3v) is 7.83. The smallest absolute Gasteiger partial charge is 0.313 e. The van der Waals surface area contributed by atoms with E-state index in [-0.39, 0.29) is 29.1 Å². The second kappa shape index (κ2) is 11.0. The van der Waals surface area contributed by atoms with Crippen LogP contribution in [-0.2, 0) is 9.59 Å². The van der Waals surface area contributed by atoms with Crippen molar-refractivity contribution < 1.29 is 19.1 Å². The number of hydrogen-bond acceptors (Lipinski definition) is 7. The lowest BCUT2D eigenvalue weighted by atomic mass is 9.89. The Morgan fingerprint density at radius 3 is 2.59 bits per heavy atom. The Morgan fingerprint density at radius 1 is 1.10 bits per heavy atom. The number of benzene rings is 1. The second-order valence-electron chi connectivity index (χ2n) is 10.7. The minimum absolute atomic E-state index is 0.0151. The molecular weight excluding hydrogens is 498 g/mol. The van der Waals surface area contributed by atoms with E-state index in [1.165, 1.54) is 19.4 Å². The molecule has 0 radical (unpaired) electrons. The van der Waals surface area contributed by atoms with Gasteiger partial charge in [0.15, 0.2) is 0 Å². The number of ether oxygens (including phenoxy) is 1. The molecule has 0 bridgehead atoms. The predicted molar refractivity (Wildman–Crippen MR) is 146 cm³/mol. The van der Waals surface area contributed by atoms with Crippen LogP contribution in [0.25, 0.3) is 10.9 Å². The SMILES string of the molecule is COc1ncc(NC(=O)C(=O)N2CC(C)CCC2c2ccc3nn(C4CCN(C)CC4)cc3c2)cc1C(N)=O. The quantitative estimate of drug-likeness (QED) is 0.481. The number of fused-ring (bicyclic) bond motifs is 1. The molecule has 2 aromatic heterocycles. The lowest BCUT2D eigenvalue weighted by Gasteiger charge is -2.38. The van der Waals surface area contributed by atoms with E-state index in [0.29, 0.717) is 12.6 Å². The molecule has 2 atom stereocenters. The number of methoxy groups -OCH3 is 1. The van der Waals surface area contributed by atoms with Crippen molar-refractivity contribution in [3.8, 4) is 5.88 Å². The highest BCUT2D eigenvalue weighted by atomic mass is 16.5. The average Bonchev–Trinajstić information content (AvgIpc) is 3.36. The van der Waals surface area contributed by atoms with Gasteiger partial charge in [0.05, 0.1) is 36.6 Å². The lowest BCUT2D eigenvalue weighted by Crippen LogP contribution is -2.46. The van der Waals surface area contributed by atoms with E-state index in [4.69, 9.17) is 15.6 Å². The predicted octanol–water partition coefficient (Wildman–Crippen LogP) is 2.74. The molecule has 206 valence electrons. The first kappa shape index (κ1) is 26.6. The number of nitrogens with one attached hydrogen (secondary N) is 1. The molecule has 0 saturated carbocycles. The lowest BCUT2D eigenvalue weighted by molar-refractivity contribution is -0.146. The van der Waals surface area contributed by atoms with Crippen molar-refractivity contribution >= 4 is 34.3 Å². The van der Waals surface area contributed by atoms with Gasteiger partial charge in [0.25, 0.3) is 5.91 Å². The van der Waals surface area contributed by atoms with E-state index in [0.717, 1.165) is 55.2 Å². The number of likely N-dealkylation sites (tertiary alicyclic amines) is 2. The Morgan fingerprint density at radius 2 is 1.87 bits per heavy atom. The van der Waals surface area contributed by atoms with Crippen molar-refractivity contribution in [3.63, 3.8) is 0 Å². The molecule has 0 aliphatic carbocycles. The van der Waals surface area contributed by atoms with Crippen LogP contribution in [0.5, 0.6) is 5.88 Å². The van der Waals surface area contributed by atoms with Gasteiger partial charge in [-0.1, -0.05) is 13.0 Å². The van der Waals surface area contributed by atoms with Gasteiger partial charge in [-0.3, -0.25) is 19.1 Å². The summed E-state index contributed by atoms with van der Waals surface area (Å²) >= 11 is 0. The summed E-state index contributed by atoms with van der Waals surface area (Å²) in [6.45, 7) is 4.66. The summed E-state index contributed by atoms with van der Waals surface area (Å²) in [6.07, 6.45) is 7.27. The molecule has 2 unspecified atom stereocenters. The molecule has 11 nitrogen and oxygen atoms in total. The van der Waals surface area contributed by atoms with E-state index in [9.17, 15) is 14.4 Å². The molecule has 0 spiro atoms. The highest BCUT2D eigenvalue weighted by Gasteiger charge is 2.34. The van der Waals surface area contributed by atoms with Gasteiger partial charge in [-0.25, -0.2) is 4.98 Å². The number of nitrogens with two attached hydrogens (primary N) is 1. The van der Waals surface area contributed by atoms with Crippen molar-refractivity contribution in [3.05, 3.63) is 47.8 Å². The number of amides is 3. The van der Waals surface area contributed by atoms with Gasteiger partial charge in [-0.15, -0.1) is 0 Å². The Balaban J connectivity index is 1.36. The third kappa shape index (κ3) is 5.58. The minimum Gasteiger partial charge on any atom is -0.480 e. The molecule has 2 aliphatic rings. The Kier molecular flexibility index (Phi) is 7.51. The Labute approximate surface area is 227 Å². The number of piperidine rings is 2. The van der Waals surface area contributed by atoms with Crippen molar-refractivity contribution in [2.75, 3.05) is 39.1 Å². The molecular formula is C28H35N7O4. The number of nitrogens with zero attached hydrogens (tertiary/aromatic N) is 5. The molecule has 4 heterocycles. The van der Waals surface area contributed by atoms with Gasteiger partial charge < -0.3 is 25.6 Å².